The quantitative estimate of drug-likeness (QED) is 0.846. The number of hydrogen-bond acceptors (Lipinski definition) is 4. The van der Waals surface area contributed by atoms with Crippen LogP contribution in [0.3, 0.4) is 0 Å². The molecule has 1 aromatic carbocycles. The van der Waals surface area contributed by atoms with Gasteiger partial charge >= 0.3 is 6.03 Å². The molecule has 8 heteroatoms. The molecule has 6 nitrogen and oxygen atoms in total. The van der Waals surface area contributed by atoms with Crippen molar-refractivity contribution in [3.05, 3.63) is 29.0 Å². The number of carbonyl (C=O) groups is 1. The summed E-state index contributed by atoms with van der Waals surface area (Å²) in [6.45, 7) is 3.59. The van der Waals surface area contributed by atoms with Crippen molar-refractivity contribution in [3.63, 3.8) is 0 Å². The first-order chi connectivity index (χ1) is 11.5. The third-order valence-electron chi connectivity index (χ3n) is 4.48. The molecule has 3 rings (SSSR count). The van der Waals surface area contributed by atoms with Gasteiger partial charge in [0.15, 0.2) is 0 Å². The third kappa shape index (κ3) is 3.97. The number of rotatable bonds is 2. The number of benzene rings is 1. The van der Waals surface area contributed by atoms with Crippen molar-refractivity contribution >= 4 is 23.3 Å². The van der Waals surface area contributed by atoms with Gasteiger partial charge in [0.2, 0.25) is 0 Å². The van der Waals surface area contributed by atoms with Crippen LogP contribution in [0.4, 0.5) is 14.9 Å². The molecule has 0 spiro atoms. The fourth-order valence-corrected chi connectivity index (χ4v) is 3.31. The lowest BCUT2D eigenvalue weighted by Gasteiger charge is -2.28. The lowest BCUT2D eigenvalue weighted by Crippen LogP contribution is -2.45. The van der Waals surface area contributed by atoms with Crippen molar-refractivity contribution in [2.24, 2.45) is 0 Å². The van der Waals surface area contributed by atoms with Gasteiger partial charge in [-0.1, -0.05) is 11.6 Å². The number of halogens is 2. The van der Waals surface area contributed by atoms with Gasteiger partial charge in [0, 0.05) is 31.9 Å². The van der Waals surface area contributed by atoms with Gasteiger partial charge in [-0.2, -0.15) is 0 Å². The van der Waals surface area contributed by atoms with Crippen LogP contribution in [-0.2, 0) is 4.74 Å². The maximum Gasteiger partial charge on any atom is 0.321 e. The Hall–Kier alpha value is -1.41. The van der Waals surface area contributed by atoms with Crippen molar-refractivity contribution in [1.82, 2.24) is 9.80 Å². The molecule has 24 heavy (non-hydrogen) atoms. The molecule has 2 aliphatic heterocycles. The maximum atomic E-state index is 13.2. The van der Waals surface area contributed by atoms with Crippen LogP contribution < -0.4 is 5.32 Å². The zero-order chi connectivity index (χ0) is 17.1. The number of aliphatic hydroxyl groups is 1. The molecule has 2 fully saturated rings. The molecular weight excluding hydrogens is 337 g/mol. The summed E-state index contributed by atoms with van der Waals surface area (Å²) in [7, 11) is 0. The first-order valence-electron chi connectivity index (χ1n) is 8.05. The first kappa shape index (κ1) is 17.4. The molecule has 132 valence electrons. The van der Waals surface area contributed by atoms with E-state index in [1.807, 2.05) is 0 Å². The van der Waals surface area contributed by atoms with E-state index in [2.05, 4.69) is 10.2 Å². The molecule has 0 aliphatic carbocycles. The zero-order valence-electron chi connectivity index (χ0n) is 13.3. The van der Waals surface area contributed by atoms with E-state index in [0.717, 1.165) is 13.0 Å². The smallest absolute Gasteiger partial charge is 0.321 e. The van der Waals surface area contributed by atoms with Crippen molar-refractivity contribution in [3.8, 4) is 0 Å². The Kier molecular flexibility index (Phi) is 5.55. The predicted molar refractivity (Wildman–Crippen MR) is 88.8 cm³/mol. The Morgan fingerprint density at radius 1 is 1.29 bits per heavy atom. The number of aliphatic hydroxyl groups excluding tert-OH is 1. The number of anilines is 1. The zero-order valence-corrected chi connectivity index (χ0v) is 14.0. The lowest BCUT2D eigenvalue weighted by molar-refractivity contribution is 0.0845. The number of urea groups is 1. The molecule has 0 unspecified atom stereocenters. The number of nitrogens with zero attached hydrogens (tertiary/aromatic N) is 2. The van der Waals surface area contributed by atoms with Gasteiger partial charge in [0.1, 0.15) is 5.82 Å². The van der Waals surface area contributed by atoms with Gasteiger partial charge in [-0.05, 0) is 24.6 Å². The fraction of sp³-hybridized carbons (Fsp3) is 0.562. The summed E-state index contributed by atoms with van der Waals surface area (Å²) < 4.78 is 18.5. The van der Waals surface area contributed by atoms with Crippen LogP contribution in [0.25, 0.3) is 0 Å². The molecule has 0 radical (unpaired) electrons. The molecule has 0 aromatic heterocycles. The van der Waals surface area contributed by atoms with Crippen LogP contribution in [-0.4, -0.2) is 72.5 Å². The standard InChI is InChI=1S/C16H21ClFN3O3/c17-12-8-11(2-3-13(12)18)19-16(23)21-5-1-4-20(6-7-21)14-9-24-10-15(14)22/h2-3,8,14-15,22H,1,4-7,9-10H2,(H,19,23)/t14-,15-/m1/s1. The largest absolute Gasteiger partial charge is 0.389 e. The fourth-order valence-electron chi connectivity index (χ4n) is 3.13. The van der Waals surface area contributed by atoms with E-state index in [0.29, 0.717) is 38.5 Å². The highest BCUT2D eigenvalue weighted by Gasteiger charge is 2.33. The van der Waals surface area contributed by atoms with Crippen molar-refractivity contribution < 1.29 is 19.0 Å². The van der Waals surface area contributed by atoms with Gasteiger partial charge in [-0.15, -0.1) is 0 Å². The van der Waals surface area contributed by atoms with Crippen LogP contribution in [0.1, 0.15) is 6.42 Å². The van der Waals surface area contributed by atoms with Gasteiger partial charge in [-0.3, -0.25) is 4.90 Å². The monoisotopic (exact) mass is 357 g/mol. The molecule has 0 bridgehead atoms. The maximum absolute atomic E-state index is 13.2. The van der Waals surface area contributed by atoms with Gasteiger partial charge in [0.05, 0.1) is 30.4 Å². The molecule has 2 amide bonds. The van der Waals surface area contributed by atoms with Crippen LogP contribution in [0.5, 0.6) is 0 Å². The third-order valence-corrected chi connectivity index (χ3v) is 4.77. The Labute approximate surface area is 145 Å². The predicted octanol–water partition coefficient (Wildman–Crippen LogP) is 1.78. The minimum atomic E-state index is -0.516. The van der Waals surface area contributed by atoms with Crippen molar-refractivity contribution in [2.75, 3.05) is 44.7 Å². The van der Waals surface area contributed by atoms with Gasteiger partial charge < -0.3 is 20.1 Å². The second-order valence-corrected chi connectivity index (χ2v) is 6.51. The van der Waals surface area contributed by atoms with E-state index in [1.54, 1.807) is 4.90 Å². The summed E-state index contributed by atoms with van der Waals surface area (Å²) >= 11 is 5.73. The summed E-state index contributed by atoms with van der Waals surface area (Å²) in [4.78, 5) is 16.3. The Balaban J connectivity index is 1.57. The summed E-state index contributed by atoms with van der Waals surface area (Å²) in [5, 5.41) is 12.7. The van der Waals surface area contributed by atoms with Crippen LogP contribution in [0.15, 0.2) is 18.2 Å². The van der Waals surface area contributed by atoms with Crippen LogP contribution in [0, 0.1) is 5.82 Å². The first-order valence-corrected chi connectivity index (χ1v) is 8.43. The van der Waals surface area contributed by atoms with E-state index in [9.17, 15) is 14.3 Å². The molecule has 2 aliphatic rings. The lowest BCUT2D eigenvalue weighted by atomic mass is 10.2. The van der Waals surface area contributed by atoms with E-state index in [1.165, 1.54) is 18.2 Å². The highest BCUT2D eigenvalue weighted by Crippen LogP contribution is 2.20. The normalized spacial score (nSPS) is 25.5. The summed E-state index contributed by atoms with van der Waals surface area (Å²) in [5.74, 6) is -0.516. The Morgan fingerprint density at radius 2 is 2.12 bits per heavy atom. The summed E-state index contributed by atoms with van der Waals surface area (Å²) in [6.07, 6.45) is 0.354. The molecule has 0 saturated carbocycles. The summed E-state index contributed by atoms with van der Waals surface area (Å²) in [6, 6.07) is 3.87. The average molecular weight is 358 g/mol. The second-order valence-electron chi connectivity index (χ2n) is 6.11. The number of carbonyl (C=O) groups excluding carboxylic acids is 1. The van der Waals surface area contributed by atoms with Gasteiger partial charge in [0.25, 0.3) is 0 Å². The number of hydrogen-bond donors (Lipinski definition) is 2. The van der Waals surface area contributed by atoms with E-state index < -0.39 is 11.9 Å². The SMILES string of the molecule is O=C(Nc1ccc(F)c(Cl)c1)N1CCCN([C@@H]2COC[C@H]2O)CC1. The molecular formula is C16H21ClFN3O3. The molecule has 2 N–H and O–H groups in total. The molecule has 2 heterocycles. The van der Waals surface area contributed by atoms with E-state index in [4.69, 9.17) is 16.3 Å². The molecule has 2 atom stereocenters. The molecule has 1 aromatic rings. The Bertz CT molecular complexity index is 604. The van der Waals surface area contributed by atoms with E-state index in [-0.39, 0.29) is 17.1 Å². The van der Waals surface area contributed by atoms with Crippen molar-refractivity contribution in [1.29, 1.82) is 0 Å². The van der Waals surface area contributed by atoms with Crippen molar-refractivity contribution in [2.45, 2.75) is 18.6 Å². The second kappa shape index (κ2) is 7.65. The van der Waals surface area contributed by atoms with Gasteiger partial charge in [-0.25, -0.2) is 9.18 Å². The number of nitrogens with one attached hydrogen (secondary N) is 1. The molecule has 2 saturated heterocycles. The highest BCUT2D eigenvalue weighted by atomic mass is 35.5. The number of ether oxygens (including phenoxy) is 1. The van der Waals surface area contributed by atoms with E-state index >= 15 is 0 Å². The topological polar surface area (TPSA) is 65.0 Å². The average Bonchev–Trinajstić information content (AvgIpc) is 2.83. The number of amides is 2. The minimum absolute atomic E-state index is 0.00363. The van der Waals surface area contributed by atoms with Crippen LogP contribution >= 0.6 is 11.6 Å². The Morgan fingerprint density at radius 3 is 2.83 bits per heavy atom. The highest BCUT2D eigenvalue weighted by molar-refractivity contribution is 6.31. The van der Waals surface area contributed by atoms with Crippen LogP contribution in [0.2, 0.25) is 5.02 Å². The summed E-state index contributed by atoms with van der Waals surface area (Å²) in [5.41, 5.74) is 0.465. The minimum Gasteiger partial charge on any atom is -0.389 e.